The summed E-state index contributed by atoms with van der Waals surface area (Å²) in [4.78, 5) is 29.6. The summed E-state index contributed by atoms with van der Waals surface area (Å²) in [7, 11) is 0. The van der Waals surface area contributed by atoms with Gasteiger partial charge in [0.2, 0.25) is 5.91 Å². The molecule has 138 valence electrons. The number of nitrogens with one attached hydrogen (secondary N) is 1. The van der Waals surface area contributed by atoms with Crippen LogP contribution in [0.3, 0.4) is 0 Å². The molecule has 2 aromatic rings. The van der Waals surface area contributed by atoms with Crippen LogP contribution in [0.1, 0.15) is 24.0 Å². The van der Waals surface area contributed by atoms with Gasteiger partial charge in [-0.15, -0.1) is 0 Å². The first-order valence-electron chi connectivity index (χ1n) is 9.15. The quantitative estimate of drug-likeness (QED) is 0.881. The maximum absolute atomic E-state index is 12.7. The molecular weight excluding hydrogens is 332 g/mol. The van der Waals surface area contributed by atoms with Gasteiger partial charge >= 0.3 is 5.97 Å². The first kappa shape index (κ1) is 17.1. The topological polar surface area (TPSA) is 82.6 Å². The minimum Gasteiger partial charge on any atom is -0.481 e. The molecule has 0 spiro atoms. The molecule has 2 aliphatic rings. The number of likely N-dealkylation sites (tertiary alicyclic amines) is 1. The molecule has 6 nitrogen and oxygen atoms in total. The average Bonchev–Trinajstić information content (AvgIpc) is 3.21. The fourth-order valence-electron chi connectivity index (χ4n) is 4.39. The number of carboxylic acids is 1. The van der Waals surface area contributed by atoms with E-state index in [1.54, 1.807) is 4.90 Å². The van der Waals surface area contributed by atoms with Crippen LogP contribution in [0.2, 0.25) is 0 Å². The third-order valence-electron chi connectivity index (χ3n) is 6.02. The number of benzene rings is 1. The van der Waals surface area contributed by atoms with Gasteiger partial charge in [0, 0.05) is 49.1 Å². The molecule has 2 fully saturated rings. The summed E-state index contributed by atoms with van der Waals surface area (Å²) in [5.74, 6) is -0.872. The lowest BCUT2D eigenvalue weighted by Crippen LogP contribution is -2.45. The molecule has 2 aliphatic heterocycles. The third kappa shape index (κ3) is 2.78. The highest BCUT2D eigenvalue weighted by Gasteiger charge is 2.54. The van der Waals surface area contributed by atoms with Gasteiger partial charge in [-0.25, -0.2) is 0 Å². The summed E-state index contributed by atoms with van der Waals surface area (Å²) in [6.45, 7) is 3.73. The van der Waals surface area contributed by atoms with E-state index in [1.807, 2.05) is 6.20 Å². The minimum atomic E-state index is -0.828. The predicted octanol–water partition coefficient (Wildman–Crippen LogP) is 2.36. The normalized spacial score (nSPS) is 25.4. The van der Waals surface area contributed by atoms with E-state index in [9.17, 15) is 14.7 Å². The highest BCUT2D eigenvalue weighted by Crippen LogP contribution is 2.42. The first-order valence-corrected chi connectivity index (χ1v) is 9.15. The van der Waals surface area contributed by atoms with Crippen molar-refractivity contribution in [2.45, 2.75) is 26.2 Å². The van der Waals surface area contributed by atoms with E-state index in [-0.39, 0.29) is 11.8 Å². The molecule has 0 radical (unpaired) electrons. The van der Waals surface area contributed by atoms with Crippen LogP contribution in [0.15, 0.2) is 24.4 Å². The van der Waals surface area contributed by atoms with E-state index in [0.717, 1.165) is 16.5 Å². The Bertz CT molecular complexity index is 859. The summed E-state index contributed by atoms with van der Waals surface area (Å²) in [6.07, 6.45) is 3.50. The third-order valence-corrected chi connectivity index (χ3v) is 6.02. The maximum atomic E-state index is 12.7. The zero-order valence-electron chi connectivity index (χ0n) is 15.0. The van der Waals surface area contributed by atoms with Crippen molar-refractivity contribution >= 4 is 22.8 Å². The zero-order valence-corrected chi connectivity index (χ0v) is 15.0. The van der Waals surface area contributed by atoms with Crippen LogP contribution in [0, 0.1) is 18.3 Å². The minimum absolute atomic E-state index is 0.0297. The van der Waals surface area contributed by atoms with Gasteiger partial charge in [-0.3, -0.25) is 9.59 Å². The molecule has 0 unspecified atom stereocenters. The molecule has 2 saturated heterocycles. The monoisotopic (exact) mass is 356 g/mol. The first-order chi connectivity index (χ1) is 12.5. The number of ether oxygens (including phenoxy) is 1. The molecule has 1 aromatic heterocycles. The molecule has 1 aromatic carbocycles. The molecule has 0 saturated carbocycles. The molecule has 4 rings (SSSR count). The maximum Gasteiger partial charge on any atom is 0.311 e. The number of aromatic amines is 1. The van der Waals surface area contributed by atoms with Crippen LogP contribution >= 0.6 is 0 Å². The Morgan fingerprint density at radius 3 is 3.04 bits per heavy atom. The molecule has 0 bridgehead atoms. The lowest BCUT2D eigenvalue weighted by atomic mass is 9.74. The number of aromatic nitrogens is 1. The van der Waals surface area contributed by atoms with Crippen molar-refractivity contribution in [3.63, 3.8) is 0 Å². The van der Waals surface area contributed by atoms with Gasteiger partial charge in [-0.05, 0) is 37.5 Å². The zero-order chi connectivity index (χ0) is 18.3. The Hall–Kier alpha value is -2.34. The predicted molar refractivity (Wildman–Crippen MR) is 96.9 cm³/mol. The number of aliphatic carboxylic acids is 1. The van der Waals surface area contributed by atoms with Crippen molar-refractivity contribution < 1.29 is 19.4 Å². The number of hydrogen-bond acceptors (Lipinski definition) is 3. The van der Waals surface area contributed by atoms with E-state index in [1.165, 1.54) is 5.56 Å². The summed E-state index contributed by atoms with van der Waals surface area (Å²) in [5.41, 5.74) is 2.57. The van der Waals surface area contributed by atoms with Crippen LogP contribution in [0.4, 0.5) is 0 Å². The molecule has 2 N–H and O–H groups in total. The van der Waals surface area contributed by atoms with E-state index in [4.69, 9.17) is 4.74 Å². The van der Waals surface area contributed by atoms with Crippen molar-refractivity contribution in [2.75, 3.05) is 26.3 Å². The number of carbonyl (C=O) groups excluding carboxylic acids is 1. The number of aryl methyl sites for hydroxylation is 2. The smallest absolute Gasteiger partial charge is 0.311 e. The Labute approximate surface area is 152 Å². The molecular formula is C20H24N2O4. The fraction of sp³-hybridized carbons (Fsp3) is 0.500. The summed E-state index contributed by atoms with van der Waals surface area (Å²) in [6, 6.07) is 6.25. The van der Waals surface area contributed by atoms with Crippen molar-refractivity contribution in [3.05, 3.63) is 35.5 Å². The number of carboxylic acid groups (broad SMARTS) is 1. The summed E-state index contributed by atoms with van der Waals surface area (Å²) in [5, 5.41) is 10.9. The molecule has 0 aliphatic carbocycles. The molecule has 1 amide bonds. The summed E-state index contributed by atoms with van der Waals surface area (Å²) >= 11 is 0. The lowest BCUT2D eigenvalue weighted by Gasteiger charge is -2.33. The average molecular weight is 356 g/mol. The van der Waals surface area contributed by atoms with Crippen LogP contribution < -0.4 is 0 Å². The number of carbonyl (C=O) groups is 2. The van der Waals surface area contributed by atoms with Gasteiger partial charge in [0.05, 0.1) is 12.0 Å². The molecule has 3 heterocycles. The van der Waals surface area contributed by atoms with Gasteiger partial charge in [0.15, 0.2) is 0 Å². The van der Waals surface area contributed by atoms with Gasteiger partial charge in [-0.2, -0.15) is 0 Å². The van der Waals surface area contributed by atoms with Gasteiger partial charge in [0.25, 0.3) is 0 Å². The standard InChI is InChI=1S/C20H24N2O4/c1-13-2-4-17-16(8-13)14(9-21-17)3-5-18(23)22-10-15-11-26-7-6-20(15,12-22)19(24)25/h2,4,8-9,15,21H,3,5-7,10-12H2,1H3,(H,24,25)/t15-,20+/m0/s1. The van der Waals surface area contributed by atoms with Crippen molar-refractivity contribution in [3.8, 4) is 0 Å². The number of amides is 1. The van der Waals surface area contributed by atoms with E-state index >= 15 is 0 Å². The molecule has 6 heteroatoms. The second-order valence-electron chi connectivity index (χ2n) is 7.62. The van der Waals surface area contributed by atoms with Crippen LogP contribution in [-0.2, 0) is 20.7 Å². The van der Waals surface area contributed by atoms with Gasteiger partial charge in [0.1, 0.15) is 0 Å². The van der Waals surface area contributed by atoms with E-state index in [2.05, 4.69) is 30.1 Å². The Kier molecular flexibility index (Phi) is 4.23. The van der Waals surface area contributed by atoms with E-state index < -0.39 is 11.4 Å². The molecule has 26 heavy (non-hydrogen) atoms. The van der Waals surface area contributed by atoms with Crippen LogP contribution in [-0.4, -0.2) is 53.2 Å². The number of nitrogens with zero attached hydrogens (tertiary/aromatic N) is 1. The number of H-pyrrole nitrogens is 1. The number of rotatable bonds is 4. The van der Waals surface area contributed by atoms with Gasteiger partial charge in [-0.1, -0.05) is 11.6 Å². The Morgan fingerprint density at radius 1 is 1.42 bits per heavy atom. The fourth-order valence-corrected chi connectivity index (χ4v) is 4.39. The number of fused-ring (bicyclic) bond motifs is 2. The van der Waals surface area contributed by atoms with Gasteiger partial charge < -0.3 is 19.7 Å². The highest BCUT2D eigenvalue weighted by molar-refractivity contribution is 5.85. The Morgan fingerprint density at radius 2 is 2.27 bits per heavy atom. The summed E-state index contributed by atoms with van der Waals surface area (Å²) < 4.78 is 5.46. The largest absolute Gasteiger partial charge is 0.481 e. The number of hydrogen-bond donors (Lipinski definition) is 2. The van der Waals surface area contributed by atoms with Crippen LogP contribution in [0.25, 0.3) is 10.9 Å². The lowest BCUT2D eigenvalue weighted by molar-refractivity contribution is -0.157. The molecule has 2 atom stereocenters. The van der Waals surface area contributed by atoms with Crippen molar-refractivity contribution in [1.82, 2.24) is 9.88 Å². The SMILES string of the molecule is Cc1ccc2[nH]cc(CCC(=O)N3C[C@H]4COCC[C@@]4(C(=O)O)C3)c2c1. The van der Waals surface area contributed by atoms with Crippen molar-refractivity contribution in [2.24, 2.45) is 11.3 Å². The van der Waals surface area contributed by atoms with Crippen LogP contribution in [0.5, 0.6) is 0 Å². The Balaban J connectivity index is 1.45. The second-order valence-corrected chi connectivity index (χ2v) is 7.62. The van der Waals surface area contributed by atoms with Crippen molar-refractivity contribution in [1.29, 1.82) is 0 Å². The second kappa shape index (κ2) is 6.43. The highest BCUT2D eigenvalue weighted by atomic mass is 16.5. The van der Waals surface area contributed by atoms with E-state index in [0.29, 0.717) is 45.6 Å².